The molecule has 5 nitrogen and oxygen atoms in total. The van der Waals surface area contributed by atoms with Gasteiger partial charge >= 0.3 is 0 Å². The summed E-state index contributed by atoms with van der Waals surface area (Å²) >= 11 is 0. The molecule has 0 aliphatic heterocycles. The molecule has 120 valence electrons. The number of carbonyl (C=O) groups excluding carboxylic acids is 2. The summed E-state index contributed by atoms with van der Waals surface area (Å²) in [7, 11) is 3.43. The van der Waals surface area contributed by atoms with E-state index in [9.17, 15) is 9.59 Å². The molecule has 0 radical (unpaired) electrons. The summed E-state index contributed by atoms with van der Waals surface area (Å²) < 4.78 is 0. The number of nitrogens with zero attached hydrogens (tertiary/aromatic N) is 1. The zero-order valence-electron chi connectivity index (χ0n) is 13.6. The van der Waals surface area contributed by atoms with Crippen LogP contribution in [0.15, 0.2) is 48.5 Å². The maximum atomic E-state index is 12.2. The number of rotatable bonds is 5. The zero-order valence-corrected chi connectivity index (χ0v) is 13.6. The molecular formula is C18H21N3O2. The van der Waals surface area contributed by atoms with E-state index in [1.54, 1.807) is 26.2 Å². The lowest BCUT2D eigenvalue weighted by Gasteiger charge is -2.14. The molecule has 2 amide bonds. The fraction of sp³-hybridized carbons (Fsp3) is 0.222. The van der Waals surface area contributed by atoms with E-state index in [4.69, 9.17) is 0 Å². The molecule has 0 unspecified atom stereocenters. The number of nitrogens with one attached hydrogen (secondary N) is 2. The topological polar surface area (TPSA) is 61.4 Å². The molecule has 0 bridgehead atoms. The van der Waals surface area contributed by atoms with Crippen LogP contribution < -0.4 is 10.6 Å². The van der Waals surface area contributed by atoms with E-state index in [0.29, 0.717) is 11.3 Å². The predicted molar refractivity (Wildman–Crippen MR) is 92.8 cm³/mol. The molecule has 2 aromatic carbocycles. The molecular weight excluding hydrogens is 290 g/mol. The van der Waals surface area contributed by atoms with Crippen LogP contribution in [0.1, 0.15) is 15.9 Å². The second-order valence-electron chi connectivity index (χ2n) is 5.49. The number of amides is 2. The Morgan fingerprint density at radius 2 is 1.74 bits per heavy atom. The minimum absolute atomic E-state index is 0.0110. The van der Waals surface area contributed by atoms with Crippen molar-refractivity contribution in [2.75, 3.05) is 31.3 Å². The Morgan fingerprint density at radius 1 is 1.04 bits per heavy atom. The molecule has 0 saturated carbocycles. The highest BCUT2D eigenvalue weighted by Gasteiger charge is 2.08. The Bertz CT molecular complexity index is 697. The summed E-state index contributed by atoms with van der Waals surface area (Å²) in [5, 5.41) is 5.97. The van der Waals surface area contributed by atoms with Crippen LogP contribution in [0, 0.1) is 6.92 Å². The SMILES string of the molecule is Cc1ccc(NC(=O)c2ccccc2)cc1NCC(=O)N(C)C. The van der Waals surface area contributed by atoms with Crippen molar-refractivity contribution in [1.29, 1.82) is 0 Å². The number of aryl methyl sites for hydroxylation is 1. The predicted octanol–water partition coefficient (Wildman–Crippen LogP) is 2.75. The maximum absolute atomic E-state index is 12.2. The van der Waals surface area contributed by atoms with E-state index in [-0.39, 0.29) is 18.4 Å². The Balaban J connectivity index is 2.08. The van der Waals surface area contributed by atoms with E-state index in [0.717, 1.165) is 11.3 Å². The maximum Gasteiger partial charge on any atom is 0.255 e. The number of carbonyl (C=O) groups is 2. The molecule has 0 saturated heterocycles. The number of benzene rings is 2. The third kappa shape index (κ3) is 4.57. The highest BCUT2D eigenvalue weighted by Crippen LogP contribution is 2.20. The second kappa shape index (κ2) is 7.45. The summed E-state index contributed by atoms with van der Waals surface area (Å²) in [6.07, 6.45) is 0. The van der Waals surface area contributed by atoms with Gasteiger partial charge in [0.05, 0.1) is 6.54 Å². The molecule has 23 heavy (non-hydrogen) atoms. The van der Waals surface area contributed by atoms with Crippen LogP contribution >= 0.6 is 0 Å². The minimum Gasteiger partial charge on any atom is -0.376 e. The Labute approximate surface area is 136 Å². The van der Waals surface area contributed by atoms with Gasteiger partial charge in [0.25, 0.3) is 5.91 Å². The molecule has 5 heteroatoms. The smallest absolute Gasteiger partial charge is 0.255 e. The van der Waals surface area contributed by atoms with Gasteiger partial charge in [-0.15, -0.1) is 0 Å². The standard InChI is InChI=1S/C18H21N3O2/c1-13-9-10-15(11-16(13)19-12-17(22)21(2)3)20-18(23)14-7-5-4-6-8-14/h4-11,19H,12H2,1-3H3,(H,20,23). The van der Waals surface area contributed by atoms with Crippen molar-refractivity contribution in [3.63, 3.8) is 0 Å². The lowest BCUT2D eigenvalue weighted by molar-refractivity contribution is -0.126. The number of likely N-dealkylation sites (N-methyl/N-ethyl adjacent to an activating group) is 1. The van der Waals surface area contributed by atoms with Gasteiger partial charge in [-0.05, 0) is 36.8 Å². The normalized spacial score (nSPS) is 10.0. The van der Waals surface area contributed by atoms with Crippen LogP contribution in [0.25, 0.3) is 0 Å². The summed E-state index contributed by atoms with van der Waals surface area (Å²) in [6.45, 7) is 2.16. The van der Waals surface area contributed by atoms with Gasteiger partial charge in [0, 0.05) is 31.0 Å². The second-order valence-corrected chi connectivity index (χ2v) is 5.49. The summed E-state index contributed by atoms with van der Waals surface area (Å²) in [5.41, 5.74) is 3.12. The van der Waals surface area contributed by atoms with Gasteiger partial charge in [-0.25, -0.2) is 0 Å². The first-order valence-corrected chi connectivity index (χ1v) is 7.38. The largest absolute Gasteiger partial charge is 0.376 e. The molecule has 0 aliphatic rings. The first kappa shape index (κ1) is 16.5. The van der Waals surface area contributed by atoms with Crippen LogP contribution in [0.4, 0.5) is 11.4 Å². The first-order chi connectivity index (χ1) is 11.0. The fourth-order valence-corrected chi connectivity index (χ4v) is 2.01. The molecule has 0 fully saturated rings. The van der Waals surface area contributed by atoms with Crippen LogP contribution in [0.5, 0.6) is 0 Å². The third-order valence-corrected chi connectivity index (χ3v) is 3.46. The molecule has 2 aromatic rings. The fourth-order valence-electron chi connectivity index (χ4n) is 2.01. The van der Waals surface area contributed by atoms with Crippen LogP contribution in [-0.4, -0.2) is 37.4 Å². The van der Waals surface area contributed by atoms with Gasteiger partial charge in [-0.2, -0.15) is 0 Å². The van der Waals surface area contributed by atoms with Crippen molar-refractivity contribution in [1.82, 2.24) is 4.90 Å². The van der Waals surface area contributed by atoms with E-state index >= 15 is 0 Å². The van der Waals surface area contributed by atoms with E-state index in [1.165, 1.54) is 4.90 Å². The zero-order chi connectivity index (χ0) is 16.8. The van der Waals surface area contributed by atoms with Gasteiger partial charge in [-0.3, -0.25) is 9.59 Å². The quantitative estimate of drug-likeness (QED) is 0.892. The van der Waals surface area contributed by atoms with Crippen LogP contribution in [0.2, 0.25) is 0 Å². The molecule has 0 spiro atoms. The van der Waals surface area contributed by atoms with Crippen molar-refractivity contribution in [2.45, 2.75) is 6.92 Å². The van der Waals surface area contributed by atoms with Crippen LogP contribution in [-0.2, 0) is 4.79 Å². The first-order valence-electron chi connectivity index (χ1n) is 7.38. The molecule has 0 aliphatic carbocycles. The Morgan fingerprint density at radius 3 is 2.39 bits per heavy atom. The minimum atomic E-state index is -0.162. The molecule has 0 aromatic heterocycles. The van der Waals surface area contributed by atoms with Crippen molar-refractivity contribution >= 4 is 23.2 Å². The monoisotopic (exact) mass is 311 g/mol. The summed E-state index contributed by atoms with van der Waals surface area (Å²) in [5.74, 6) is -0.173. The van der Waals surface area contributed by atoms with E-state index in [2.05, 4.69) is 10.6 Å². The van der Waals surface area contributed by atoms with Gasteiger partial charge in [0.1, 0.15) is 0 Å². The molecule has 0 atom stereocenters. The van der Waals surface area contributed by atoms with Gasteiger partial charge in [-0.1, -0.05) is 24.3 Å². The molecule has 2 rings (SSSR count). The van der Waals surface area contributed by atoms with Crippen LogP contribution in [0.3, 0.4) is 0 Å². The third-order valence-electron chi connectivity index (χ3n) is 3.46. The number of hydrogen-bond acceptors (Lipinski definition) is 3. The van der Waals surface area contributed by atoms with Crippen molar-refractivity contribution < 1.29 is 9.59 Å². The molecule has 2 N–H and O–H groups in total. The lowest BCUT2D eigenvalue weighted by atomic mass is 10.1. The number of anilines is 2. The van der Waals surface area contributed by atoms with Crippen molar-refractivity contribution in [3.05, 3.63) is 59.7 Å². The van der Waals surface area contributed by atoms with E-state index < -0.39 is 0 Å². The van der Waals surface area contributed by atoms with Crippen molar-refractivity contribution in [2.24, 2.45) is 0 Å². The Hall–Kier alpha value is -2.82. The average Bonchev–Trinajstić information content (AvgIpc) is 2.55. The average molecular weight is 311 g/mol. The summed E-state index contributed by atoms with van der Waals surface area (Å²) in [4.78, 5) is 25.4. The van der Waals surface area contributed by atoms with Gasteiger partial charge in [0.15, 0.2) is 0 Å². The van der Waals surface area contributed by atoms with Crippen molar-refractivity contribution in [3.8, 4) is 0 Å². The Kier molecular flexibility index (Phi) is 5.36. The highest BCUT2D eigenvalue weighted by molar-refractivity contribution is 6.04. The highest BCUT2D eigenvalue weighted by atomic mass is 16.2. The molecule has 0 heterocycles. The lowest BCUT2D eigenvalue weighted by Crippen LogP contribution is -2.28. The summed E-state index contributed by atoms with van der Waals surface area (Å²) in [6, 6.07) is 14.6. The number of hydrogen-bond donors (Lipinski definition) is 2. The van der Waals surface area contributed by atoms with Gasteiger partial charge < -0.3 is 15.5 Å². The van der Waals surface area contributed by atoms with Gasteiger partial charge in [0.2, 0.25) is 5.91 Å². The van der Waals surface area contributed by atoms with E-state index in [1.807, 2.05) is 43.3 Å².